The van der Waals surface area contributed by atoms with Crippen molar-refractivity contribution in [2.45, 2.75) is 6.92 Å². The number of nitrogens with zero attached hydrogens (tertiary/aromatic N) is 1. The van der Waals surface area contributed by atoms with E-state index in [0.717, 1.165) is 22.9 Å². The fourth-order valence-electron chi connectivity index (χ4n) is 3.70. The van der Waals surface area contributed by atoms with Gasteiger partial charge in [0.2, 0.25) is 0 Å². The largest absolute Gasteiger partial charge is 0.495 e. The van der Waals surface area contributed by atoms with Gasteiger partial charge in [-0.1, -0.05) is 18.2 Å². The number of hydrogen-bond acceptors (Lipinski definition) is 9. The first-order valence-electron chi connectivity index (χ1n) is 10.8. The molecule has 0 saturated heterocycles. The molecular weight excluding hydrogens is 472 g/mol. The van der Waals surface area contributed by atoms with Crippen LogP contribution in [0.3, 0.4) is 0 Å². The molecule has 0 aliphatic heterocycles. The summed E-state index contributed by atoms with van der Waals surface area (Å²) in [5.74, 6) is -1.16. The van der Waals surface area contributed by atoms with Gasteiger partial charge in [-0.15, -0.1) is 0 Å². The lowest BCUT2D eigenvalue weighted by Crippen LogP contribution is -2.21. The van der Waals surface area contributed by atoms with Gasteiger partial charge in [0.05, 0.1) is 37.5 Å². The predicted molar refractivity (Wildman–Crippen MR) is 130 cm³/mol. The Morgan fingerprint density at radius 2 is 1.72 bits per heavy atom. The minimum absolute atomic E-state index is 0.0888. The zero-order valence-electron chi connectivity index (χ0n) is 19.7. The van der Waals surface area contributed by atoms with Crippen LogP contribution < -0.4 is 19.5 Å². The number of amides is 1. The molecule has 0 spiro atoms. The highest BCUT2D eigenvalue weighted by molar-refractivity contribution is 6.08. The van der Waals surface area contributed by atoms with E-state index in [1.54, 1.807) is 19.1 Å². The lowest BCUT2D eigenvalue weighted by atomic mass is 10.1. The molecule has 1 heterocycles. The van der Waals surface area contributed by atoms with Gasteiger partial charge in [-0.05, 0) is 19.1 Å². The summed E-state index contributed by atoms with van der Waals surface area (Å²) >= 11 is 0. The van der Waals surface area contributed by atoms with E-state index >= 15 is 0 Å². The molecule has 186 valence electrons. The highest BCUT2D eigenvalue weighted by Crippen LogP contribution is 2.37. The van der Waals surface area contributed by atoms with Crippen LogP contribution in [0.2, 0.25) is 0 Å². The lowest BCUT2D eigenvalue weighted by molar-refractivity contribution is -0.385. The molecule has 0 fully saturated rings. The number of fused-ring (bicyclic) bond motifs is 3. The standard InChI is InChI=1S/C25H22N2O9/c1-4-34-23-10-16(18(27(30)31)12-22(23)33-3)25(29)35-13-24(28)26-17-11-20-15(9-21(17)32-2)14-7-5-6-8-19(14)36-20/h5-12H,4,13H2,1-3H3,(H,26,28). The van der Waals surface area contributed by atoms with Crippen LogP contribution in [0.4, 0.5) is 11.4 Å². The average molecular weight is 494 g/mol. The van der Waals surface area contributed by atoms with Crippen LogP contribution >= 0.6 is 0 Å². The number of hydrogen-bond donors (Lipinski definition) is 1. The first kappa shape index (κ1) is 24.3. The van der Waals surface area contributed by atoms with Crippen LogP contribution in [0, 0.1) is 10.1 Å². The molecule has 0 bridgehead atoms. The minimum atomic E-state index is -1.07. The van der Waals surface area contributed by atoms with Crippen molar-refractivity contribution in [1.29, 1.82) is 0 Å². The lowest BCUT2D eigenvalue weighted by Gasteiger charge is -2.12. The number of nitro groups is 1. The van der Waals surface area contributed by atoms with Crippen molar-refractivity contribution in [2.75, 3.05) is 32.8 Å². The highest BCUT2D eigenvalue weighted by atomic mass is 16.6. The third kappa shape index (κ3) is 4.71. The molecule has 1 N–H and O–H groups in total. The van der Waals surface area contributed by atoms with E-state index in [1.807, 2.05) is 24.3 Å². The van der Waals surface area contributed by atoms with E-state index in [-0.39, 0.29) is 23.7 Å². The van der Waals surface area contributed by atoms with Gasteiger partial charge in [0.15, 0.2) is 18.1 Å². The Morgan fingerprint density at radius 3 is 2.42 bits per heavy atom. The Morgan fingerprint density at radius 1 is 0.972 bits per heavy atom. The fraction of sp³-hybridized carbons (Fsp3) is 0.200. The normalized spacial score (nSPS) is 10.8. The number of furan rings is 1. The number of esters is 1. The van der Waals surface area contributed by atoms with E-state index in [9.17, 15) is 19.7 Å². The molecule has 1 aromatic heterocycles. The second-order valence-corrected chi connectivity index (χ2v) is 7.48. The van der Waals surface area contributed by atoms with E-state index in [2.05, 4.69) is 5.32 Å². The first-order chi connectivity index (χ1) is 17.4. The van der Waals surface area contributed by atoms with E-state index in [0.29, 0.717) is 22.6 Å². The second kappa shape index (κ2) is 10.2. The molecule has 11 nitrogen and oxygen atoms in total. The van der Waals surface area contributed by atoms with Gasteiger partial charge in [0.1, 0.15) is 22.5 Å². The summed E-state index contributed by atoms with van der Waals surface area (Å²) in [7, 11) is 2.78. The topological polar surface area (TPSA) is 139 Å². The molecule has 1 amide bonds. The third-order valence-electron chi connectivity index (χ3n) is 5.31. The van der Waals surface area contributed by atoms with E-state index < -0.39 is 29.1 Å². The number of rotatable bonds is 9. The Kier molecular flexibility index (Phi) is 6.91. The van der Waals surface area contributed by atoms with Crippen molar-refractivity contribution in [3.8, 4) is 17.2 Å². The van der Waals surface area contributed by atoms with E-state index in [4.69, 9.17) is 23.4 Å². The first-order valence-corrected chi connectivity index (χ1v) is 10.8. The molecule has 36 heavy (non-hydrogen) atoms. The maximum Gasteiger partial charge on any atom is 0.345 e. The molecule has 0 unspecified atom stereocenters. The molecule has 0 aliphatic carbocycles. The second-order valence-electron chi connectivity index (χ2n) is 7.48. The maximum absolute atomic E-state index is 12.6. The summed E-state index contributed by atoms with van der Waals surface area (Å²) in [5.41, 5.74) is 0.594. The van der Waals surface area contributed by atoms with Crippen molar-refractivity contribution >= 4 is 45.2 Å². The fourth-order valence-corrected chi connectivity index (χ4v) is 3.70. The Hall–Kier alpha value is -4.80. The van der Waals surface area contributed by atoms with Crippen LogP contribution in [0.1, 0.15) is 17.3 Å². The quantitative estimate of drug-likeness (QED) is 0.199. The molecular formula is C25H22N2O9. The number of ether oxygens (including phenoxy) is 4. The monoisotopic (exact) mass is 494 g/mol. The summed E-state index contributed by atoms with van der Waals surface area (Å²) in [6, 6.07) is 13.0. The number of benzene rings is 3. The molecule has 4 rings (SSSR count). The zero-order chi connectivity index (χ0) is 25.8. The van der Waals surface area contributed by atoms with E-state index in [1.165, 1.54) is 14.2 Å². The minimum Gasteiger partial charge on any atom is -0.495 e. The van der Waals surface area contributed by atoms with Gasteiger partial charge in [-0.3, -0.25) is 14.9 Å². The summed E-state index contributed by atoms with van der Waals surface area (Å²) in [6.45, 7) is 1.25. The van der Waals surface area contributed by atoms with Gasteiger partial charge >= 0.3 is 5.97 Å². The Labute approximate surface area is 204 Å². The number of para-hydroxylation sites is 1. The number of nitro benzene ring substituents is 1. The summed E-state index contributed by atoms with van der Waals surface area (Å²) in [4.78, 5) is 35.9. The van der Waals surface area contributed by atoms with Crippen molar-refractivity contribution in [2.24, 2.45) is 0 Å². The maximum atomic E-state index is 12.6. The van der Waals surface area contributed by atoms with Crippen molar-refractivity contribution in [3.63, 3.8) is 0 Å². The Bertz CT molecular complexity index is 1480. The van der Waals surface area contributed by atoms with Crippen molar-refractivity contribution in [3.05, 3.63) is 64.2 Å². The van der Waals surface area contributed by atoms with Gasteiger partial charge < -0.3 is 28.7 Å². The highest BCUT2D eigenvalue weighted by Gasteiger charge is 2.26. The van der Waals surface area contributed by atoms with Crippen LogP contribution in [0.15, 0.2) is 52.9 Å². The van der Waals surface area contributed by atoms with Gasteiger partial charge in [0, 0.05) is 22.9 Å². The summed E-state index contributed by atoms with van der Waals surface area (Å²) < 4.78 is 26.8. The number of methoxy groups -OCH3 is 2. The summed E-state index contributed by atoms with van der Waals surface area (Å²) in [6.07, 6.45) is 0. The summed E-state index contributed by atoms with van der Waals surface area (Å²) in [5, 5.41) is 15.8. The predicted octanol–water partition coefficient (Wildman–Crippen LogP) is 4.71. The molecule has 0 saturated carbocycles. The Balaban J connectivity index is 1.53. The van der Waals surface area contributed by atoms with Crippen molar-refractivity contribution < 1.29 is 37.9 Å². The van der Waals surface area contributed by atoms with Crippen LogP contribution in [-0.2, 0) is 9.53 Å². The van der Waals surface area contributed by atoms with Crippen LogP contribution in [0.25, 0.3) is 21.9 Å². The number of carbonyl (C=O) groups is 2. The van der Waals surface area contributed by atoms with Gasteiger partial charge in [-0.25, -0.2) is 4.79 Å². The molecule has 4 aromatic rings. The van der Waals surface area contributed by atoms with Crippen LogP contribution in [0.5, 0.6) is 17.2 Å². The molecule has 0 atom stereocenters. The smallest absolute Gasteiger partial charge is 0.345 e. The zero-order valence-corrected chi connectivity index (χ0v) is 19.7. The molecule has 3 aromatic carbocycles. The SMILES string of the molecule is CCOc1cc(C(=O)OCC(=O)Nc2cc3oc4ccccc4c3cc2OC)c([N+](=O)[O-])cc1OC. The molecule has 0 aliphatic rings. The van der Waals surface area contributed by atoms with Gasteiger partial charge in [-0.2, -0.15) is 0 Å². The number of anilines is 1. The number of nitrogens with one attached hydrogen (secondary N) is 1. The third-order valence-corrected chi connectivity index (χ3v) is 5.31. The molecule has 0 radical (unpaired) electrons. The van der Waals surface area contributed by atoms with Crippen LogP contribution in [-0.4, -0.2) is 44.2 Å². The molecule has 11 heteroatoms. The number of carbonyl (C=O) groups excluding carboxylic acids is 2. The van der Waals surface area contributed by atoms with Gasteiger partial charge in [0.25, 0.3) is 11.6 Å². The average Bonchev–Trinajstić information content (AvgIpc) is 3.23. The van der Waals surface area contributed by atoms with Crippen molar-refractivity contribution in [1.82, 2.24) is 0 Å².